The second-order valence-electron chi connectivity index (χ2n) is 8.56. The van der Waals surface area contributed by atoms with Gasteiger partial charge in [-0.2, -0.15) is 0 Å². The van der Waals surface area contributed by atoms with Crippen molar-refractivity contribution in [2.45, 2.75) is 36.7 Å². The molecule has 1 saturated carbocycles. The highest BCUT2D eigenvalue weighted by Gasteiger charge is 2.40. The summed E-state index contributed by atoms with van der Waals surface area (Å²) < 4.78 is 0. The Hall–Kier alpha value is -2.34. The third-order valence-electron chi connectivity index (χ3n) is 6.36. The molecule has 4 nitrogen and oxygen atoms in total. The smallest absolute Gasteiger partial charge is 0.245 e. The number of amides is 2. The summed E-state index contributed by atoms with van der Waals surface area (Å²) in [7, 11) is 0. The average Bonchev–Trinajstić information content (AvgIpc) is 3.57. The number of nitrogens with zero attached hydrogens (tertiary/aromatic N) is 2. The summed E-state index contributed by atoms with van der Waals surface area (Å²) >= 11 is 14.4. The van der Waals surface area contributed by atoms with Crippen LogP contribution in [0.1, 0.15) is 45.8 Å². The number of rotatable bonds is 6. The SMILES string of the molecule is O=C(C(Cl)c1ccccc1)N(CC(=O)N1CCc2sccc2C1c1ccc(Cl)cc1)C1CC1. The van der Waals surface area contributed by atoms with Crippen LogP contribution in [0.15, 0.2) is 66.0 Å². The zero-order valence-corrected chi connectivity index (χ0v) is 20.3. The molecule has 5 rings (SSSR count). The molecule has 33 heavy (non-hydrogen) atoms. The predicted molar refractivity (Wildman–Crippen MR) is 133 cm³/mol. The van der Waals surface area contributed by atoms with E-state index in [1.807, 2.05) is 59.5 Å². The Balaban J connectivity index is 1.40. The Morgan fingerprint density at radius 3 is 2.48 bits per heavy atom. The molecule has 3 aromatic rings. The van der Waals surface area contributed by atoms with Crippen molar-refractivity contribution in [3.63, 3.8) is 0 Å². The van der Waals surface area contributed by atoms with E-state index in [-0.39, 0.29) is 30.4 Å². The highest BCUT2D eigenvalue weighted by Crippen LogP contribution is 2.39. The van der Waals surface area contributed by atoms with Gasteiger partial charge in [-0.1, -0.05) is 54.1 Å². The summed E-state index contributed by atoms with van der Waals surface area (Å²) in [5.74, 6) is -0.251. The van der Waals surface area contributed by atoms with Gasteiger partial charge in [-0.15, -0.1) is 22.9 Å². The number of benzene rings is 2. The van der Waals surface area contributed by atoms with Crippen LogP contribution in [-0.4, -0.2) is 40.7 Å². The maximum Gasteiger partial charge on any atom is 0.245 e. The average molecular weight is 499 g/mol. The van der Waals surface area contributed by atoms with Crippen LogP contribution in [0.3, 0.4) is 0 Å². The number of thiophene rings is 1. The van der Waals surface area contributed by atoms with Crippen molar-refractivity contribution >= 4 is 46.4 Å². The maximum absolute atomic E-state index is 13.7. The van der Waals surface area contributed by atoms with Crippen molar-refractivity contribution < 1.29 is 9.59 Å². The summed E-state index contributed by atoms with van der Waals surface area (Å²) in [5, 5.41) is 1.95. The standard InChI is InChI=1S/C26H24Cl2N2O2S/c27-19-8-6-18(7-9-19)25-21-13-15-33-22(21)12-14-29(25)23(31)16-30(20-10-11-20)26(32)24(28)17-4-2-1-3-5-17/h1-9,13,15,20,24-25H,10-12,14,16H2. The topological polar surface area (TPSA) is 40.6 Å². The fourth-order valence-electron chi connectivity index (χ4n) is 4.51. The van der Waals surface area contributed by atoms with Gasteiger partial charge in [-0.25, -0.2) is 0 Å². The molecule has 0 radical (unpaired) electrons. The van der Waals surface area contributed by atoms with Gasteiger partial charge in [-0.3, -0.25) is 9.59 Å². The number of fused-ring (bicyclic) bond motifs is 1. The molecule has 2 atom stereocenters. The molecule has 2 unspecified atom stereocenters. The molecule has 2 heterocycles. The van der Waals surface area contributed by atoms with E-state index in [4.69, 9.17) is 23.2 Å². The van der Waals surface area contributed by atoms with Crippen LogP contribution in [0.5, 0.6) is 0 Å². The van der Waals surface area contributed by atoms with Crippen molar-refractivity contribution in [1.82, 2.24) is 9.80 Å². The van der Waals surface area contributed by atoms with Crippen LogP contribution >= 0.6 is 34.5 Å². The summed E-state index contributed by atoms with van der Waals surface area (Å²) in [6, 6.07) is 19.0. The lowest BCUT2D eigenvalue weighted by molar-refractivity contribution is -0.142. The number of hydrogen-bond donors (Lipinski definition) is 0. The Morgan fingerprint density at radius 1 is 1.06 bits per heavy atom. The summed E-state index contributed by atoms with van der Waals surface area (Å²) in [5.41, 5.74) is 2.93. The van der Waals surface area contributed by atoms with E-state index in [1.54, 1.807) is 16.2 Å². The van der Waals surface area contributed by atoms with Gasteiger partial charge in [0, 0.05) is 22.5 Å². The first kappa shape index (κ1) is 22.5. The Kier molecular flexibility index (Phi) is 6.46. The molecule has 1 aliphatic heterocycles. The van der Waals surface area contributed by atoms with Crippen LogP contribution < -0.4 is 0 Å². The quantitative estimate of drug-likeness (QED) is 0.400. The summed E-state index contributed by atoms with van der Waals surface area (Å²) in [4.78, 5) is 31.9. The molecule has 0 bridgehead atoms. The fraction of sp³-hybridized carbons (Fsp3) is 0.308. The van der Waals surface area contributed by atoms with Crippen molar-refractivity contribution in [3.05, 3.63) is 92.6 Å². The van der Waals surface area contributed by atoms with Crippen molar-refractivity contribution in [1.29, 1.82) is 0 Å². The van der Waals surface area contributed by atoms with Crippen molar-refractivity contribution in [2.24, 2.45) is 0 Å². The van der Waals surface area contributed by atoms with Gasteiger partial charge < -0.3 is 9.80 Å². The third-order valence-corrected chi connectivity index (χ3v) is 8.04. The highest BCUT2D eigenvalue weighted by atomic mass is 35.5. The summed E-state index contributed by atoms with van der Waals surface area (Å²) in [6.45, 7) is 0.665. The minimum atomic E-state index is -0.795. The molecule has 2 aromatic carbocycles. The second kappa shape index (κ2) is 9.49. The predicted octanol–water partition coefficient (Wildman–Crippen LogP) is 5.85. The van der Waals surface area contributed by atoms with E-state index in [2.05, 4.69) is 11.4 Å². The molecular weight excluding hydrogens is 475 g/mol. The lowest BCUT2D eigenvalue weighted by atomic mass is 9.93. The molecular formula is C26H24Cl2N2O2S. The molecule has 170 valence electrons. The molecule has 2 amide bonds. The van der Waals surface area contributed by atoms with Gasteiger partial charge in [0.15, 0.2) is 0 Å². The molecule has 7 heteroatoms. The summed E-state index contributed by atoms with van der Waals surface area (Å²) in [6.07, 6.45) is 2.64. The molecule has 2 aliphatic rings. The van der Waals surface area contributed by atoms with Crippen molar-refractivity contribution in [3.8, 4) is 0 Å². The Labute approximate surface area is 207 Å². The van der Waals surface area contributed by atoms with Gasteiger partial charge >= 0.3 is 0 Å². The second-order valence-corrected chi connectivity index (χ2v) is 10.4. The van der Waals surface area contributed by atoms with E-state index in [0.29, 0.717) is 11.6 Å². The Bertz CT molecular complexity index is 1140. The number of hydrogen-bond acceptors (Lipinski definition) is 3. The molecule has 1 aromatic heterocycles. The largest absolute Gasteiger partial charge is 0.330 e. The molecule has 1 aliphatic carbocycles. The molecule has 0 spiro atoms. The van der Waals surface area contributed by atoms with Crippen LogP contribution in [0.25, 0.3) is 0 Å². The molecule has 1 fully saturated rings. The zero-order valence-electron chi connectivity index (χ0n) is 18.0. The van der Waals surface area contributed by atoms with Gasteiger partial charge in [-0.05, 0) is 59.5 Å². The fourth-order valence-corrected chi connectivity index (χ4v) is 5.81. The zero-order chi connectivity index (χ0) is 22.9. The van der Waals surface area contributed by atoms with Gasteiger partial charge in [0.05, 0.1) is 6.04 Å². The van der Waals surface area contributed by atoms with Gasteiger partial charge in [0.2, 0.25) is 11.8 Å². The van der Waals surface area contributed by atoms with Crippen molar-refractivity contribution in [2.75, 3.05) is 13.1 Å². The first-order valence-corrected chi connectivity index (χ1v) is 12.8. The molecule has 0 N–H and O–H groups in total. The number of carbonyl (C=O) groups is 2. The number of alkyl halides is 1. The Morgan fingerprint density at radius 2 is 1.79 bits per heavy atom. The van der Waals surface area contributed by atoms with E-state index < -0.39 is 5.38 Å². The van der Waals surface area contributed by atoms with E-state index in [0.717, 1.165) is 36.0 Å². The van der Waals surface area contributed by atoms with Crippen LogP contribution in [-0.2, 0) is 16.0 Å². The molecule has 0 saturated heterocycles. The van der Waals surface area contributed by atoms with E-state index in [9.17, 15) is 9.59 Å². The lowest BCUT2D eigenvalue weighted by Gasteiger charge is -2.38. The normalized spacial score (nSPS) is 18.5. The number of halogens is 2. The first-order chi connectivity index (χ1) is 16.0. The van der Waals surface area contributed by atoms with Crippen LogP contribution in [0.2, 0.25) is 5.02 Å². The minimum absolute atomic E-state index is 0.0448. The van der Waals surface area contributed by atoms with Crippen LogP contribution in [0, 0.1) is 0 Å². The number of carbonyl (C=O) groups excluding carboxylic acids is 2. The van der Waals surface area contributed by atoms with E-state index >= 15 is 0 Å². The highest BCUT2D eigenvalue weighted by molar-refractivity contribution is 7.10. The minimum Gasteiger partial charge on any atom is -0.330 e. The van der Waals surface area contributed by atoms with Gasteiger partial charge in [0.1, 0.15) is 11.9 Å². The monoisotopic (exact) mass is 498 g/mol. The van der Waals surface area contributed by atoms with Crippen LogP contribution in [0.4, 0.5) is 0 Å². The van der Waals surface area contributed by atoms with E-state index in [1.165, 1.54) is 4.88 Å². The van der Waals surface area contributed by atoms with Gasteiger partial charge in [0.25, 0.3) is 0 Å². The lowest BCUT2D eigenvalue weighted by Crippen LogP contribution is -2.48. The maximum atomic E-state index is 13.7. The first-order valence-electron chi connectivity index (χ1n) is 11.1. The third kappa shape index (κ3) is 4.68.